The summed E-state index contributed by atoms with van der Waals surface area (Å²) < 4.78 is 29.2. The van der Waals surface area contributed by atoms with Crippen molar-refractivity contribution in [1.82, 2.24) is 0 Å². The molecule has 1 aromatic carbocycles. The van der Waals surface area contributed by atoms with E-state index in [9.17, 15) is 8.42 Å². The fraction of sp³-hybridized carbons (Fsp3) is 0. The number of benzene rings is 1. The van der Waals surface area contributed by atoms with Gasteiger partial charge in [0.25, 0.3) is 10.1 Å². The summed E-state index contributed by atoms with van der Waals surface area (Å²) in [5, 5.41) is 0. The van der Waals surface area contributed by atoms with Crippen LogP contribution in [-0.2, 0) is 10.1 Å². The topological polar surface area (TPSA) is 54.4 Å². The van der Waals surface area contributed by atoms with Crippen LogP contribution in [0.2, 0.25) is 0 Å². The second-order valence-corrected chi connectivity index (χ2v) is 3.21. The van der Waals surface area contributed by atoms with Crippen molar-refractivity contribution in [3.8, 4) is 0 Å². The Morgan fingerprint density at radius 3 is 1.91 bits per heavy atom. The maximum Gasteiger partial charge on any atom is 2.00 e. The van der Waals surface area contributed by atoms with Gasteiger partial charge in [-0.1, -0.05) is 18.2 Å². The van der Waals surface area contributed by atoms with Gasteiger partial charge in [-0.25, -0.2) is 0 Å². The van der Waals surface area contributed by atoms with Gasteiger partial charge in [0.2, 0.25) is 0 Å². The monoisotopic (exact) mass is 200 g/mol. The van der Waals surface area contributed by atoms with E-state index < -0.39 is 10.1 Å². The van der Waals surface area contributed by atoms with Crippen LogP contribution in [0.1, 0.15) is 2.85 Å². The Labute approximate surface area is 98.1 Å². The minimum atomic E-state index is -4.00. The first-order valence-corrected chi connectivity index (χ1v) is 4.07. The molecule has 5 heteroatoms. The van der Waals surface area contributed by atoms with E-state index in [1.165, 1.54) is 12.1 Å². The summed E-state index contributed by atoms with van der Waals surface area (Å²) in [6.45, 7) is 0. The van der Waals surface area contributed by atoms with E-state index in [1.54, 1.807) is 18.2 Å². The molecule has 0 saturated carbocycles. The Hall–Kier alpha value is 0.390. The van der Waals surface area contributed by atoms with Crippen molar-refractivity contribution in [1.29, 1.82) is 0 Å². The zero-order valence-electron chi connectivity index (χ0n) is 7.77. The van der Waals surface area contributed by atoms with E-state index in [0.29, 0.717) is 0 Å². The van der Waals surface area contributed by atoms with E-state index >= 15 is 0 Å². The molecule has 1 N–H and O–H groups in total. The Morgan fingerprint density at radius 2 is 1.64 bits per heavy atom. The second kappa shape index (κ2) is 4.42. The Morgan fingerprint density at radius 1 is 1.18 bits per heavy atom. The van der Waals surface area contributed by atoms with Gasteiger partial charge in [-0.15, -0.1) is 0 Å². The fourth-order valence-corrected chi connectivity index (χ4v) is 1.09. The Kier molecular flexibility index (Phi) is 4.58. The summed E-state index contributed by atoms with van der Waals surface area (Å²) >= 11 is 0. The summed E-state index contributed by atoms with van der Waals surface area (Å²) in [5.74, 6) is 0. The van der Waals surface area contributed by atoms with Crippen LogP contribution >= 0.6 is 0 Å². The average Bonchev–Trinajstić information content (AvgIpc) is 1.88. The average molecular weight is 200 g/mol. The molecular formula is C6H8CaO3S. The van der Waals surface area contributed by atoms with Crippen molar-refractivity contribution in [2.45, 2.75) is 4.90 Å². The fourth-order valence-electron chi connectivity index (χ4n) is 0.592. The Bertz CT molecular complexity index is 314. The van der Waals surface area contributed by atoms with Gasteiger partial charge in [0.15, 0.2) is 0 Å². The predicted molar refractivity (Wildman–Crippen MR) is 44.2 cm³/mol. The van der Waals surface area contributed by atoms with Crippen LogP contribution in [0, 0.1) is 0 Å². The maximum absolute atomic E-state index is 10.4. The molecule has 0 saturated heterocycles. The molecule has 0 amide bonds. The van der Waals surface area contributed by atoms with Crippen molar-refractivity contribution in [2.24, 2.45) is 0 Å². The van der Waals surface area contributed by atoms with Crippen LogP contribution in [-0.4, -0.2) is 50.7 Å². The zero-order chi connectivity index (χ0) is 7.61. The number of hydrogen-bond acceptors (Lipinski definition) is 2. The van der Waals surface area contributed by atoms with E-state index in [1.807, 2.05) is 0 Å². The summed E-state index contributed by atoms with van der Waals surface area (Å²) in [4.78, 5) is -0.0741. The molecule has 11 heavy (non-hydrogen) atoms. The van der Waals surface area contributed by atoms with E-state index in [-0.39, 0.29) is 45.5 Å². The minimum absolute atomic E-state index is 0. The van der Waals surface area contributed by atoms with Crippen molar-refractivity contribution >= 4 is 47.9 Å². The molecule has 0 aliphatic rings. The van der Waals surface area contributed by atoms with Gasteiger partial charge in [-0.3, -0.25) is 4.55 Å². The van der Waals surface area contributed by atoms with Crippen molar-refractivity contribution in [3.63, 3.8) is 0 Å². The van der Waals surface area contributed by atoms with Crippen LogP contribution in [0.5, 0.6) is 0 Å². The summed E-state index contributed by atoms with van der Waals surface area (Å²) in [6.07, 6.45) is 0. The summed E-state index contributed by atoms with van der Waals surface area (Å²) in [7, 11) is -4.00. The summed E-state index contributed by atoms with van der Waals surface area (Å²) in [6, 6.07) is 7.42. The van der Waals surface area contributed by atoms with Crippen LogP contribution < -0.4 is 0 Å². The third-order valence-electron chi connectivity index (χ3n) is 1.04. The van der Waals surface area contributed by atoms with Crippen LogP contribution in [0.25, 0.3) is 0 Å². The molecule has 0 bridgehead atoms. The van der Waals surface area contributed by atoms with Gasteiger partial charge in [0.1, 0.15) is 0 Å². The molecule has 0 atom stereocenters. The first kappa shape index (κ1) is 11.4. The van der Waals surface area contributed by atoms with Crippen molar-refractivity contribution in [2.75, 3.05) is 0 Å². The first-order valence-electron chi connectivity index (χ1n) is 2.63. The number of rotatable bonds is 1. The molecule has 1 rings (SSSR count). The van der Waals surface area contributed by atoms with Gasteiger partial charge in [0.05, 0.1) is 4.90 Å². The van der Waals surface area contributed by atoms with Crippen LogP contribution in [0.4, 0.5) is 0 Å². The van der Waals surface area contributed by atoms with Crippen LogP contribution in [0.15, 0.2) is 35.2 Å². The molecule has 0 unspecified atom stereocenters. The molecule has 3 nitrogen and oxygen atoms in total. The van der Waals surface area contributed by atoms with E-state index in [0.717, 1.165) is 0 Å². The smallest absolute Gasteiger partial charge is 1.00 e. The molecule has 1 aromatic rings. The van der Waals surface area contributed by atoms with Gasteiger partial charge < -0.3 is 2.85 Å². The molecule has 0 spiro atoms. The van der Waals surface area contributed by atoms with Crippen molar-refractivity contribution in [3.05, 3.63) is 30.3 Å². The largest absolute Gasteiger partial charge is 2.00 e. The molecular weight excluding hydrogens is 192 g/mol. The standard InChI is InChI=1S/C6H6O3S.Ca.2H/c7-10(8,9)6-4-2-1-3-5-6;;;/h1-5H,(H,7,8,9);;;/q;+2;2*-1. The van der Waals surface area contributed by atoms with Crippen LogP contribution in [0.3, 0.4) is 0 Å². The van der Waals surface area contributed by atoms with Gasteiger partial charge >= 0.3 is 37.7 Å². The third-order valence-corrected chi connectivity index (χ3v) is 1.91. The number of hydrogen-bond donors (Lipinski definition) is 1. The molecule has 0 fully saturated rings. The molecule has 58 valence electrons. The normalized spacial score (nSPS) is 10.3. The minimum Gasteiger partial charge on any atom is -1.00 e. The third kappa shape index (κ3) is 3.53. The summed E-state index contributed by atoms with van der Waals surface area (Å²) in [5.41, 5.74) is 0. The molecule has 0 aliphatic heterocycles. The first-order chi connectivity index (χ1) is 4.61. The Balaban J connectivity index is -0.000000333. The van der Waals surface area contributed by atoms with Gasteiger partial charge in [-0.2, -0.15) is 8.42 Å². The second-order valence-electron chi connectivity index (χ2n) is 1.79. The zero-order valence-corrected chi connectivity index (χ0v) is 8.79. The molecule has 0 aliphatic carbocycles. The predicted octanol–water partition coefficient (Wildman–Crippen LogP) is 0.778. The SMILES string of the molecule is O=S(=O)(O)c1ccccc1.[Ca+2].[H-].[H-]. The molecule has 0 heterocycles. The quantitative estimate of drug-likeness (QED) is 0.538. The molecule has 0 aromatic heterocycles. The van der Waals surface area contributed by atoms with E-state index in [4.69, 9.17) is 4.55 Å². The maximum atomic E-state index is 10.4. The van der Waals surface area contributed by atoms with E-state index in [2.05, 4.69) is 0 Å². The molecule has 0 radical (unpaired) electrons. The van der Waals surface area contributed by atoms with Crippen molar-refractivity contribution < 1.29 is 15.8 Å². The van der Waals surface area contributed by atoms with Gasteiger partial charge in [0, 0.05) is 0 Å². The van der Waals surface area contributed by atoms with Gasteiger partial charge in [-0.05, 0) is 12.1 Å².